The number of aromatic nitrogens is 3. The number of amides is 1. The maximum absolute atomic E-state index is 13.2. The van der Waals surface area contributed by atoms with Crippen molar-refractivity contribution in [2.75, 3.05) is 18.5 Å². The SMILES string of the molecule is CCOC(=O)C[C@H](NC(=O)c1cnn(CCc2ccc3c(n2)NCCC3)c1)c1cc(Br)cc(C(C)(C)C)c1. The van der Waals surface area contributed by atoms with Crippen molar-refractivity contribution in [3.05, 3.63) is 75.1 Å². The first-order chi connectivity index (χ1) is 18.1. The van der Waals surface area contributed by atoms with E-state index in [4.69, 9.17) is 9.72 Å². The van der Waals surface area contributed by atoms with E-state index in [9.17, 15) is 9.59 Å². The predicted octanol–water partition coefficient (Wildman–Crippen LogP) is 5.36. The third kappa shape index (κ3) is 7.22. The average molecular weight is 583 g/mol. The van der Waals surface area contributed by atoms with Crippen LogP contribution >= 0.6 is 15.9 Å². The van der Waals surface area contributed by atoms with E-state index in [-0.39, 0.29) is 30.3 Å². The van der Waals surface area contributed by atoms with Gasteiger partial charge in [-0.25, -0.2) is 4.98 Å². The molecule has 38 heavy (non-hydrogen) atoms. The molecule has 202 valence electrons. The Bertz CT molecular complexity index is 1300. The molecule has 2 aromatic heterocycles. The Kier molecular flexibility index (Phi) is 8.87. The molecule has 0 bridgehead atoms. The molecule has 1 aromatic carbocycles. The lowest BCUT2D eigenvalue weighted by Crippen LogP contribution is -2.31. The molecule has 0 saturated carbocycles. The summed E-state index contributed by atoms with van der Waals surface area (Å²) in [7, 11) is 0. The molecule has 1 aliphatic heterocycles. The number of anilines is 1. The van der Waals surface area contributed by atoms with Crippen molar-refractivity contribution in [2.24, 2.45) is 0 Å². The van der Waals surface area contributed by atoms with Crippen LogP contribution in [0.4, 0.5) is 5.82 Å². The summed E-state index contributed by atoms with van der Waals surface area (Å²) in [6.07, 6.45) is 6.21. The number of hydrogen-bond donors (Lipinski definition) is 2. The molecule has 0 aliphatic carbocycles. The summed E-state index contributed by atoms with van der Waals surface area (Å²) in [5.41, 5.74) is 4.52. The smallest absolute Gasteiger partial charge is 0.308 e. The summed E-state index contributed by atoms with van der Waals surface area (Å²) >= 11 is 3.59. The summed E-state index contributed by atoms with van der Waals surface area (Å²) in [5.74, 6) is 0.320. The Balaban J connectivity index is 1.46. The molecule has 0 spiro atoms. The van der Waals surface area contributed by atoms with Crippen LogP contribution in [0.1, 0.15) is 79.3 Å². The zero-order valence-electron chi connectivity index (χ0n) is 22.5. The highest BCUT2D eigenvalue weighted by atomic mass is 79.9. The number of carbonyl (C=O) groups excluding carboxylic acids is 2. The predicted molar refractivity (Wildman–Crippen MR) is 151 cm³/mol. The number of aryl methyl sites for hydroxylation is 3. The lowest BCUT2D eigenvalue weighted by Gasteiger charge is -2.24. The second-order valence-electron chi connectivity index (χ2n) is 10.6. The van der Waals surface area contributed by atoms with Gasteiger partial charge in [0.2, 0.25) is 0 Å². The van der Waals surface area contributed by atoms with Crippen LogP contribution in [0.5, 0.6) is 0 Å². The Hall–Kier alpha value is -3.20. The van der Waals surface area contributed by atoms with Gasteiger partial charge in [0.25, 0.3) is 5.91 Å². The number of esters is 1. The zero-order valence-corrected chi connectivity index (χ0v) is 24.1. The molecule has 4 rings (SSSR count). The number of benzene rings is 1. The van der Waals surface area contributed by atoms with E-state index in [0.717, 1.165) is 46.5 Å². The highest BCUT2D eigenvalue weighted by Gasteiger charge is 2.24. The van der Waals surface area contributed by atoms with Crippen molar-refractivity contribution in [1.82, 2.24) is 20.1 Å². The van der Waals surface area contributed by atoms with Gasteiger partial charge >= 0.3 is 5.97 Å². The maximum Gasteiger partial charge on any atom is 0.308 e. The van der Waals surface area contributed by atoms with Crippen molar-refractivity contribution < 1.29 is 14.3 Å². The minimum absolute atomic E-state index is 0.0335. The largest absolute Gasteiger partial charge is 0.466 e. The van der Waals surface area contributed by atoms with E-state index in [1.165, 1.54) is 5.56 Å². The molecule has 1 amide bonds. The molecule has 0 fully saturated rings. The summed E-state index contributed by atoms with van der Waals surface area (Å²) in [4.78, 5) is 30.4. The highest BCUT2D eigenvalue weighted by Crippen LogP contribution is 2.30. The third-order valence-electron chi connectivity index (χ3n) is 6.61. The summed E-state index contributed by atoms with van der Waals surface area (Å²) < 4.78 is 7.83. The average Bonchev–Trinajstić information content (AvgIpc) is 3.35. The standard InChI is InChI=1S/C29H36BrN5O3/c1-5-38-26(36)16-25(20-13-22(29(2,3)4)15-23(30)14-20)34-28(37)21-17-32-35(18-21)12-10-24-9-8-19-7-6-11-31-27(19)33-24/h8-9,13-15,17-18,25H,5-7,10-12,16H2,1-4H3,(H,31,33)(H,34,37)/t25-/m0/s1. The van der Waals surface area contributed by atoms with Gasteiger partial charge in [-0.15, -0.1) is 0 Å². The van der Waals surface area contributed by atoms with Crippen molar-refractivity contribution in [1.29, 1.82) is 0 Å². The number of hydrogen-bond acceptors (Lipinski definition) is 6. The van der Waals surface area contributed by atoms with Crippen molar-refractivity contribution >= 4 is 33.6 Å². The van der Waals surface area contributed by atoms with Gasteiger partial charge in [0.15, 0.2) is 0 Å². The molecule has 0 saturated heterocycles. The van der Waals surface area contributed by atoms with E-state index < -0.39 is 6.04 Å². The van der Waals surface area contributed by atoms with Crippen LogP contribution in [0.3, 0.4) is 0 Å². The first-order valence-corrected chi connectivity index (χ1v) is 13.9. The monoisotopic (exact) mass is 581 g/mol. The highest BCUT2D eigenvalue weighted by molar-refractivity contribution is 9.10. The summed E-state index contributed by atoms with van der Waals surface area (Å²) in [6.45, 7) is 9.99. The van der Waals surface area contributed by atoms with Crippen LogP contribution < -0.4 is 10.6 Å². The van der Waals surface area contributed by atoms with Gasteiger partial charge in [0.05, 0.1) is 30.8 Å². The van der Waals surface area contributed by atoms with Crippen LogP contribution in [0.2, 0.25) is 0 Å². The molecule has 0 radical (unpaired) electrons. The fraction of sp³-hybridized carbons (Fsp3) is 0.448. The topological polar surface area (TPSA) is 98.1 Å². The quantitative estimate of drug-likeness (QED) is 0.330. The first kappa shape index (κ1) is 27.8. The molecule has 3 aromatic rings. The van der Waals surface area contributed by atoms with Gasteiger partial charge < -0.3 is 15.4 Å². The van der Waals surface area contributed by atoms with Crippen molar-refractivity contribution in [3.63, 3.8) is 0 Å². The van der Waals surface area contributed by atoms with Crippen LogP contribution in [0.25, 0.3) is 0 Å². The van der Waals surface area contributed by atoms with E-state index in [2.05, 4.69) is 70.6 Å². The fourth-order valence-electron chi connectivity index (χ4n) is 4.47. The van der Waals surface area contributed by atoms with Gasteiger partial charge in [-0.05, 0) is 60.1 Å². The normalized spacial score (nSPS) is 13.8. The van der Waals surface area contributed by atoms with Crippen molar-refractivity contribution in [2.45, 2.75) is 71.4 Å². The number of nitrogens with one attached hydrogen (secondary N) is 2. The molecule has 8 nitrogen and oxygen atoms in total. The number of ether oxygens (including phenoxy) is 1. The van der Waals surface area contributed by atoms with Crippen LogP contribution in [0, 0.1) is 0 Å². The first-order valence-electron chi connectivity index (χ1n) is 13.1. The lowest BCUT2D eigenvalue weighted by atomic mass is 9.85. The maximum atomic E-state index is 13.2. The Morgan fingerprint density at radius 3 is 2.82 bits per heavy atom. The molecule has 9 heteroatoms. The molecular weight excluding hydrogens is 546 g/mol. The summed E-state index contributed by atoms with van der Waals surface area (Å²) in [5, 5.41) is 10.8. The van der Waals surface area contributed by atoms with Gasteiger partial charge in [-0.2, -0.15) is 5.10 Å². The third-order valence-corrected chi connectivity index (χ3v) is 7.07. The molecule has 1 aliphatic rings. The van der Waals surface area contributed by atoms with E-state index >= 15 is 0 Å². The molecule has 3 heterocycles. The van der Waals surface area contributed by atoms with Crippen LogP contribution in [-0.2, 0) is 34.3 Å². The van der Waals surface area contributed by atoms with Gasteiger partial charge in [-0.3, -0.25) is 14.3 Å². The second kappa shape index (κ2) is 12.1. The number of rotatable bonds is 9. The molecule has 2 N–H and O–H groups in total. The van der Waals surface area contributed by atoms with E-state index in [1.807, 2.05) is 12.1 Å². The minimum Gasteiger partial charge on any atom is -0.466 e. The zero-order chi connectivity index (χ0) is 27.3. The van der Waals surface area contributed by atoms with Gasteiger partial charge in [-0.1, -0.05) is 48.8 Å². The molecular formula is C29H36BrN5O3. The Morgan fingerprint density at radius 1 is 1.24 bits per heavy atom. The van der Waals surface area contributed by atoms with Gasteiger partial charge in [0, 0.05) is 35.9 Å². The summed E-state index contributed by atoms with van der Waals surface area (Å²) in [6, 6.07) is 9.69. The van der Waals surface area contributed by atoms with E-state index in [1.54, 1.807) is 24.0 Å². The Labute approximate surface area is 232 Å². The number of nitrogens with zero attached hydrogens (tertiary/aromatic N) is 3. The van der Waals surface area contributed by atoms with Crippen LogP contribution in [-0.4, -0.2) is 39.8 Å². The fourth-order valence-corrected chi connectivity index (χ4v) is 4.98. The minimum atomic E-state index is -0.546. The number of carbonyl (C=O) groups is 2. The lowest BCUT2D eigenvalue weighted by molar-refractivity contribution is -0.143. The Morgan fingerprint density at radius 2 is 2.05 bits per heavy atom. The number of halogens is 1. The molecule has 1 atom stereocenters. The van der Waals surface area contributed by atoms with Crippen LogP contribution in [0.15, 0.2) is 47.2 Å². The number of pyridine rings is 1. The van der Waals surface area contributed by atoms with Crippen molar-refractivity contribution in [3.8, 4) is 0 Å². The van der Waals surface area contributed by atoms with E-state index in [0.29, 0.717) is 18.5 Å². The number of fused-ring (bicyclic) bond motifs is 1. The molecule has 0 unspecified atom stereocenters. The van der Waals surface area contributed by atoms with Gasteiger partial charge in [0.1, 0.15) is 5.82 Å². The second-order valence-corrected chi connectivity index (χ2v) is 11.6.